The van der Waals surface area contributed by atoms with Crippen LogP contribution in [0.25, 0.3) is 54.2 Å². The van der Waals surface area contributed by atoms with Crippen LogP contribution in [0.1, 0.15) is 11.1 Å². The topological polar surface area (TPSA) is 114 Å². The van der Waals surface area contributed by atoms with Crippen LogP contribution in [0.5, 0.6) is 34.5 Å². The normalized spacial score (nSPS) is 15.7. The third-order valence-corrected chi connectivity index (χ3v) is 11.8. The molecular formula is C56H54O10. The van der Waals surface area contributed by atoms with Crippen LogP contribution >= 0.6 is 0 Å². The van der Waals surface area contributed by atoms with Crippen molar-refractivity contribution in [1.82, 2.24) is 0 Å². The van der Waals surface area contributed by atoms with Gasteiger partial charge in [0.15, 0.2) is 23.0 Å². The smallest absolute Gasteiger partial charge is 0.161 e. The van der Waals surface area contributed by atoms with Crippen molar-refractivity contribution in [3.8, 4) is 45.6 Å². The second-order valence-corrected chi connectivity index (χ2v) is 16.1. The van der Waals surface area contributed by atoms with Crippen molar-refractivity contribution >= 4 is 43.1 Å². The molecule has 4 bridgehead atoms. The highest BCUT2D eigenvalue weighted by Gasteiger charge is 2.21. The molecule has 8 aromatic carbocycles. The summed E-state index contributed by atoms with van der Waals surface area (Å²) in [5.74, 6) is 2.29. The Hall–Kier alpha value is -6.82. The van der Waals surface area contributed by atoms with Crippen molar-refractivity contribution in [2.45, 2.75) is 12.8 Å². The number of allylic oxidation sites excluding steroid dienone is 1. The van der Waals surface area contributed by atoms with Crippen LogP contribution in [-0.4, -0.2) is 89.5 Å². The first kappa shape index (κ1) is 44.4. The molecule has 0 aliphatic carbocycles. The Labute approximate surface area is 384 Å². The molecule has 1 heterocycles. The van der Waals surface area contributed by atoms with Crippen LogP contribution in [-0.2, 0) is 31.8 Å². The first-order valence-electron chi connectivity index (χ1n) is 22.5. The summed E-state index contributed by atoms with van der Waals surface area (Å²) in [4.78, 5) is 0. The molecule has 0 fully saturated rings. The van der Waals surface area contributed by atoms with Crippen molar-refractivity contribution in [3.05, 3.63) is 157 Å². The lowest BCUT2D eigenvalue weighted by Gasteiger charge is -2.20. The largest absolute Gasteiger partial charge is 0.504 e. The van der Waals surface area contributed by atoms with E-state index < -0.39 is 0 Å². The minimum absolute atomic E-state index is 0.0510. The number of rotatable bonds is 0. The molecule has 338 valence electrons. The number of phenolic OH excluding ortho intramolecular Hbond substituents is 2. The van der Waals surface area contributed by atoms with E-state index in [1.807, 2.05) is 97.1 Å². The standard InChI is InChI=1S/C56H54O10/c1-38-34-47-43-14-6-4-12-41(43)36-51(55(47)57)65-32-28-61-24-22-59-26-30-63-49-20-18-39-10-2-8-16-45(39)53(49)54-46-17-9-3-11-40(46)19-21-50(54)64-31-27-60-23-25-62-29-33-66-52-37-42-13-5-7-15-44(42)48(35-38)56(52)58/h2-21,36-37,57-58H,1,22-35H2. The molecule has 0 saturated carbocycles. The number of ether oxygens (including phenoxy) is 8. The number of benzene rings is 8. The van der Waals surface area contributed by atoms with E-state index in [2.05, 4.69) is 43.0 Å². The van der Waals surface area contributed by atoms with Gasteiger partial charge in [0, 0.05) is 22.3 Å². The SMILES string of the molecule is C=C1Cc2c(O)c(cc3ccccc23)OCCOCCOCCOc2ccc3ccccc3c2-c2c(ccc3ccccc23)OCCOCCOCCOc2cc3ccccc3c(c2O)C1. The molecule has 10 nitrogen and oxygen atoms in total. The summed E-state index contributed by atoms with van der Waals surface area (Å²) in [6, 6.07) is 44.2. The Morgan fingerprint density at radius 2 is 0.652 bits per heavy atom. The van der Waals surface area contributed by atoms with Crippen LogP contribution in [0, 0.1) is 0 Å². The Balaban J connectivity index is 0.942. The molecule has 0 saturated heterocycles. The molecule has 0 unspecified atom stereocenters. The van der Waals surface area contributed by atoms with Crippen molar-refractivity contribution < 1.29 is 48.1 Å². The van der Waals surface area contributed by atoms with Gasteiger partial charge in [0.2, 0.25) is 0 Å². The van der Waals surface area contributed by atoms with Gasteiger partial charge < -0.3 is 48.1 Å². The molecule has 66 heavy (non-hydrogen) atoms. The van der Waals surface area contributed by atoms with E-state index in [4.69, 9.17) is 37.9 Å². The maximum atomic E-state index is 11.6. The number of phenols is 2. The van der Waals surface area contributed by atoms with Gasteiger partial charge in [0.25, 0.3) is 0 Å². The molecule has 1 aliphatic heterocycles. The molecule has 1 aliphatic rings. The van der Waals surface area contributed by atoms with Gasteiger partial charge in [0.05, 0.1) is 52.9 Å². The fraction of sp³-hybridized carbons (Fsp3) is 0.250. The summed E-state index contributed by atoms with van der Waals surface area (Å²) in [7, 11) is 0. The number of hydrogen-bond acceptors (Lipinski definition) is 10. The molecule has 0 atom stereocenters. The first-order chi connectivity index (χ1) is 32.5. The zero-order valence-electron chi connectivity index (χ0n) is 37.0. The van der Waals surface area contributed by atoms with Crippen LogP contribution < -0.4 is 18.9 Å². The number of fused-ring (bicyclic) bond motifs is 15. The van der Waals surface area contributed by atoms with Gasteiger partial charge >= 0.3 is 0 Å². The van der Waals surface area contributed by atoms with E-state index in [9.17, 15) is 10.2 Å². The first-order valence-corrected chi connectivity index (χ1v) is 22.5. The van der Waals surface area contributed by atoms with Gasteiger partial charge in [-0.25, -0.2) is 0 Å². The van der Waals surface area contributed by atoms with Crippen molar-refractivity contribution in [3.63, 3.8) is 0 Å². The maximum absolute atomic E-state index is 11.6. The predicted octanol–water partition coefficient (Wildman–Crippen LogP) is 11.0. The summed E-state index contributed by atoms with van der Waals surface area (Å²) < 4.78 is 48.8. The van der Waals surface area contributed by atoms with Gasteiger partial charge in [-0.3, -0.25) is 0 Å². The molecule has 8 aromatic rings. The lowest BCUT2D eigenvalue weighted by atomic mass is 9.92. The third kappa shape index (κ3) is 10.2. The van der Waals surface area contributed by atoms with Crippen LogP contribution in [0.15, 0.2) is 146 Å². The molecule has 10 heteroatoms. The summed E-state index contributed by atoms with van der Waals surface area (Å²) in [6.07, 6.45) is 0.710. The Kier molecular flexibility index (Phi) is 14.4. The molecule has 0 spiro atoms. The molecular weight excluding hydrogens is 833 g/mol. The fourth-order valence-corrected chi connectivity index (χ4v) is 8.65. The predicted molar refractivity (Wildman–Crippen MR) is 260 cm³/mol. The average molecular weight is 887 g/mol. The zero-order chi connectivity index (χ0) is 45.1. The molecule has 0 aromatic heterocycles. The van der Waals surface area contributed by atoms with E-state index >= 15 is 0 Å². The number of hydrogen-bond donors (Lipinski definition) is 2. The highest BCUT2D eigenvalue weighted by molar-refractivity contribution is 6.09. The van der Waals surface area contributed by atoms with Gasteiger partial charge in [0.1, 0.15) is 37.9 Å². The lowest BCUT2D eigenvalue weighted by Crippen LogP contribution is -2.14. The van der Waals surface area contributed by atoms with Gasteiger partial charge in [-0.1, -0.05) is 121 Å². The summed E-state index contributed by atoms with van der Waals surface area (Å²) in [6.45, 7) is 8.32. The van der Waals surface area contributed by atoms with E-state index in [0.717, 1.165) is 71.3 Å². The maximum Gasteiger partial charge on any atom is 0.161 e. The van der Waals surface area contributed by atoms with Crippen LogP contribution in [0.3, 0.4) is 0 Å². The average Bonchev–Trinajstić information content (AvgIpc) is 3.34. The fourth-order valence-electron chi connectivity index (χ4n) is 8.65. The van der Waals surface area contributed by atoms with Gasteiger partial charge in [-0.05, 0) is 80.2 Å². The minimum Gasteiger partial charge on any atom is -0.504 e. The quantitative estimate of drug-likeness (QED) is 0.143. The number of aromatic hydroxyl groups is 2. The molecule has 0 amide bonds. The van der Waals surface area contributed by atoms with Gasteiger partial charge in [-0.15, -0.1) is 0 Å². The Morgan fingerprint density at radius 3 is 1.05 bits per heavy atom. The second kappa shape index (κ2) is 21.4. The Morgan fingerprint density at radius 1 is 0.333 bits per heavy atom. The molecule has 0 radical (unpaired) electrons. The summed E-state index contributed by atoms with van der Waals surface area (Å²) >= 11 is 0. The molecule has 9 rings (SSSR count). The monoisotopic (exact) mass is 886 g/mol. The van der Waals surface area contributed by atoms with E-state index in [-0.39, 0.29) is 24.7 Å². The van der Waals surface area contributed by atoms with E-state index in [1.54, 1.807) is 0 Å². The van der Waals surface area contributed by atoms with Gasteiger partial charge in [-0.2, -0.15) is 0 Å². The lowest BCUT2D eigenvalue weighted by molar-refractivity contribution is 0.0270. The summed E-state index contributed by atoms with van der Waals surface area (Å²) in [5, 5.41) is 31.2. The Bertz CT molecular complexity index is 2760. The summed E-state index contributed by atoms with van der Waals surface area (Å²) in [5.41, 5.74) is 4.09. The van der Waals surface area contributed by atoms with E-state index in [1.165, 1.54) is 0 Å². The van der Waals surface area contributed by atoms with E-state index in [0.29, 0.717) is 102 Å². The van der Waals surface area contributed by atoms with Crippen LogP contribution in [0.2, 0.25) is 0 Å². The minimum atomic E-state index is 0.0510. The zero-order valence-corrected chi connectivity index (χ0v) is 37.0. The van der Waals surface area contributed by atoms with Crippen LogP contribution in [0.4, 0.5) is 0 Å². The third-order valence-electron chi connectivity index (χ3n) is 11.8. The highest BCUT2D eigenvalue weighted by atomic mass is 16.6. The second-order valence-electron chi connectivity index (χ2n) is 16.1. The highest BCUT2D eigenvalue weighted by Crippen LogP contribution is 2.46. The van der Waals surface area contributed by atoms with Crippen molar-refractivity contribution in [1.29, 1.82) is 0 Å². The van der Waals surface area contributed by atoms with Crippen molar-refractivity contribution in [2.24, 2.45) is 0 Å². The molecule has 2 N–H and O–H groups in total. The van der Waals surface area contributed by atoms with Crippen molar-refractivity contribution in [2.75, 3.05) is 79.3 Å².